The molecule has 0 saturated carbocycles. The van der Waals surface area contributed by atoms with Gasteiger partial charge in [0, 0.05) is 32.2 Å². The zero-order chi connectivity index (χ0) is 21.1. The van der Waals surface area contributed by atoms with Crippen molar-refractivity contribution in [3.05, 3.63) is 47.9 Å². The van der Waals surface area contributed by atoms with Crippen LogP contribution in [0.15, 0.2) is 46.0 Å². The standard InChI is InChI=1S/C22H33N3O4/c1-22(2,17-9-10-19(26-4)20(14-17)27-5)16-25-21(23-3)24-11-7-12-28-15-18-8-6-13-29-18/h6,8-10,13-14H,7,11-12,15-16H2,1-5H3,(H2,23,24,25). The molecule has 7 nitrogen and oxygen atoms in total. The predicted octanol–water partition coefficient (Wildman–Crippen LogP) is 3.35. The highest BCUT2D eigenvalue weighted by molar-refractivity contribution is 5.79. The molecule has 0 radical (unpaired) electrons. The summed E-state index contributed by atoms with van der Waals surface area (Å²) in [4.78, 5) is 4.30. The van der Waals surface area contributed by atoms with Crippen LogP contribution in [0.4, 0.5) is 0 Å². The number of aliphatic imine (C=N–C) groups is 1. The monoisotopic (exact) mass is 403 g/mol. The van der Waals surface area contributed by atoms with Crippen molar-refractivity contribution in [3.8, 4) is 11.5 Å². The lowest BCUT2D eigenvalue weighted by atomic mass is 9.84. The number of guanidine groups is 1. The van der Waals surface area contributed by atoms with Crippen molar-refractivity contribution < 1.29 is 18.6 Å². The number of ether oxygens (including phenoxy) is 3. The minimum atomic E-state index is -0.122. The van der Waals surface area contributed by atoms with Gasteiger partial charge in [-0.2, -0.15) is 0 Å². The van der Waals surface area contributed by atoms with E-state index in [4.69, 9.17) is 18.6 Å². The maximum absolute atomic E-state index is 5.59. The maximum Gasteiger partial charge on any atom is 0.191 e. The van der Waals surface area contributed by atoms with Crippen molar-refractivity contribution in [3.63, 3.8) is 0 Å². The van der Waals surface area contributed by atoms with Gasteiger partial charge < -0.3 is 29.3 Å². The first kappa shape index (κ1) is 22.6. The van der Waals surface area contributed by atoms with Crippen molar-refractivity contribution in [2.45, 2.75) is 32.3 Å². The molecule has 0 saturated heterocycles. The number of benzene rings is 1. The Labute approximate surface area is 173 Å². The van der Waals surface area contributed by atoms with Crippen LogP contribution in [0.1, 0.15) is 31.6 Å². The maximum atomic E-state index is 5.59. The summed E-state index contributed by atoms with van der Waals surface area (Å²) < 4.78 is 21.6. The predicted molar refractivity (Wildman–Crippen MR) is 115 cm³/mol. The van der Waals surface area contributed by atoms with Gasteiger partial charge in [0.15, 0.2) is 17.5 Å². The van der Waals surface area contributed by atoms with Crippen molar-refractivity contribution in [1.29, 1.82) is 0 Å². The van der Waals surface area contributed by atoms with Gasteiger partial charge >= 0.3 is 0 Å². The summed E-state index contributed by atoms with van der Waals surface area (Å²) in [7, 11) is 5.06. The van der Waals surface area contributed by atoms with Crippen LogP contribution >= 0.6 is 0 Å². The van der Waals surface area contributed by atoms with Crippen LogP contribution < -0.4 is 20.1 Å². The van der Waals surface area contributed by atoms with Crippen LogP contribution in [-0.2, 0) is 16.8 Å². The lowest BCUT2D eigenvalue weighted by Crippen LogP contribution is -2.43. The summed E-state index contributed by atoms with van der Waals surface area (Å²) in [6.07, 6.45) is 2.53. The Hall–Kier alpha value is -2.67. The van der Waals surface area contributed by atoms with Crippen molar-refractivity contribution in [2.24, 2.45) is 4.99 Å². The molecule has 0 spiro atoms. The highest BCUT2D eigenvalue weighted by Crippen LogP contribution is 2.32. The van der Waals surface area contributed by atoms with Crippen LogP contribution in [0.2, 0.25) is 0 Å². The van der Waals surface area contributed by atoms with E-state index in [0.717, 1.165) is 48.3 Å². The topological polar surface area (TPSA) is 77.3 Å². The van der Waals surface area contributed by atoms with Gasteiger partial charge in [0.2, 0.25) is 0 Å². The van der Waals surface area contributed by atoms with Crippen molar-refractivity contribution in [2.75, 3.05) is 41.0 Å². The zero-order valence-corrected chi connectivity index (χ0v) is 18.1. The van der Waals surface area contributed by atoms with Crippen molar-refractivity contribution in [1.82, 2.24) is 10.6 Å². The molecule has 0 aliphatic heterocycles. The van der Waals surface area contributed by atoms with Gasteiger partial charge in [-0.25, -0.2) is 0 Å². The molecule has 2 aromatic rings. The third kappa shape index (κ3) is 7.02. The third-order valence-corrected chi connectivity index (χ3v) is 4.67. The lowest BCUT2D eigenvalue weighted by Gasteiger charge is -2.27. The normalized spacial score (nSPS) is 12.0. The van der Waals surface area contributed by atoms with E-state index < -0.39 is 0 Å². The second-order valence-corrected chi connectivity index (χ2v) is 7.29. The van der Waals surface area contributed by atoms with Crippen molar-refractivity contribution >= 4 is 5.96 Å². The first-order valence-corrected chi connectivity index (χ1v) is 9.77. The fraction of sp³-hybridized carbons (Fsp3) is 0.500. The molecule has 0 fully saturated rings. The Morgan fingerprint density at radius 1 is 1.10 bits per heavy atom. The summed E-state index contributed by atoms with van der Waals surface area (Å²) in [5, 5.41) is 6.72. The number of furan rings is 1. The molecular weight excluding hydrogens is 370 g/mol. The molecule has 0 aliphatic carbocycles. The molecular formula is C22H33N3O4. The molecule has 2 rings (SSSR count). The van der Waals surface area contributed by atoms with E-state index in [1.165, 1.54) is 0 Å². The van der Waals surface area contributed by atoms with Gasteiger partial charge in [-0.15, -0.1) is 0 Å². The number of rotatable bonds is 11. The fourth-order valence-corrected chi connectivity index (χ4v) is 2.83. The van der Waals surface area contributed by atoms with E-state index in [9.17, 15) is 0 Å². The molecule has 7 heteroatoms. The summed E-state index contributed by atoms with van der Waals surface area (Å²) in [5.74, 6) is 3.07. The first-order valence-electron chi connectivity index (χ1n) is 9.77. The smallest absolute Gasteiger partial charge is 0.191 e. The van der Waals surface area contributed by atoms with Gasteiger partial charge in [0.25, 0.3) is 0 Å². The van der Waals surface area contributed by atoms with Crippen LogP contribution in [0.25, 0.3) is 0 Å². The van der Waals surface area contributed by atoms with E-state index in [1.54, 1.807) is 27.5 Å². The summed E-state index contributed by atoms with van der Waals surface area (Å²) in [6, 6.07) is 9.79. The highest BCUT2D eigenvalue weighted by atomic mass is 16.5. The number of nitrogens with one attached hydrogen (secondary N) is 2. The summed E-state index contributed by atoms with van der Waals surface area (Å²) in [6.45, 7) is 7.00. The Balaban J connectivity index is 1.75. The van der Waals surface area contributed by atoms with E-state index >= 15 is 0 Å². The molecule has 1 heterocycles. The molecule has 2 N–H and O–H groups in total. The Morgan fingerprint density at radius 3 is 2.55 bits per heavy atom. The van der Waals surface area contributed by atoms with E-state index in [0.29, 0.717) is 13.2 Å². The molecule has 1 aromatic heterocycles. The molecule has 160 valence electrons. The van der Waals surface area contributed by atoms with Gasteiger partial charge in [-0.05, 0) is 36.2 Å². The van der Waals surface area contributed by atoms with E-state index in [-0.39, 0.29) is 5.41 Å². The quantitative estimate of drug-likeness (QED) is 0.340. The Kier molecular flexibility index (Phi) is 8.86. The van der Waals surface area contributed by atoms with E-state index in [1.807, 2.05) is 24.3 Å². The average Bonchev–Trinajstić information content (AvgIpc) is 3.25. The second kappa shape index (κ2) is 11.4. The largest absolute Gasteiger partial charge is 0.493 e. The van der Waals surface area contributed by atoms with Crippen LogP contribution in [0.3, 0.4) is 0 Å². The molecule has 1 aromatic carbocycles. The zero-order valence-electron chi connectivity index (χ0n) is 18.1. The molecule has 0 amide bonds. The highest BCUT2D eigenvalue weighted by Gasteiger charge is 2.22. The Morgan fingerprint density at radius 2 is 1.90 bits per heavy atom. The second-order valence-electron chi connectivity index (χ2n) is 7.29. The number of nitrogens with zero attached hydrogens (tertiary/aromatic N) is 1. The number of hydrogen-bond donors (Lipinski definition) is 2. The van der Waals surface area contributed by atoms with Gasteiger partial charge in [-0.3, -0.25) is 4.99 Å². The molecule has 0 bridgehead atoms. The SMILES string of the molecule is CN=C(NCCCOCc1ccco1)NCC(C)(C)c1ccc(OC)c(OC)c1. The fourth-order valence-electron chi connectivity index (χ4n) is 2.83. The van der Waals surface area contributed by atoms with Crippen LogP contribution in [-0.4, -0.2) is 46.9 Å². The molecule has 29 heavy (non-hydrogen) atoms. The van der Waals surface area contributed by atoms with Crippen LogP contribution in [0.5, 0.6) is 11.5 Å². The molecule has 0 unspecified atom stereocenters. The number of methoxy groups -OCH3 is 2. The molecule has 0 atom stereocenters. The summed E-state index contributed by atoms with van der Waals surface area (Å²) >= 11 is 0. The summed E-state index contributed by atoms with van der Waals surface area (Å²) in [5.41, 5.74) is 1.04. The molecule has 0 aliphatic rings. The van der Waals surface area contributed by atoms with Gasteiger partial charge in [-0.1, -0.05) is 19.9 Å². The van der Waals surface area contributed by atoms with Crippen LogP contribution in [0, 0.1) is 0 Å². The minimum absolute atomic E-state index is 0.122. The van der Waals surface area contributed by atoms with Gasteiger partial charge in [0.1, 0.15) is 12.4 Å². The third-order valence-electron chi connectivity index (χ3n) is 4.67. The minimum Gasteiger partial charge on any atom is -0.493 e. The average molecular weight is 404 g/mol. The lowest BCUT2D eigenvalue weighted by molar-refractivity contribution is 0.105. The van der Waals surface area contributed by atoms with Gasteiger partial charge in [0.05, 0.1) is 20.5 Å². The number of hydrogen-bond acceptors (Lipinski definition) is 5. The Bertz CT molecular complexity index is 757. The first-order chi connectivity index (χ1) is 14.0. The van der Waals surface area contributed by atoms with E-state index in [2.05, 4.69) is 35.5 Å².